The first-order valence-corrected chi connectivity index (χ1v) is 4.98. The van der Waals surface area contributed by atoms with Crippen molar-refractivity contribution in [3.63, 3.8) is 0 Å². The highest BCUT2D eigenvalue weighted by molar-refractivity contribution is 5.03. The van der Waals surface area contributed by atoms with Crippen molar-refractivity contribution in [2.24, 2.45) is 5.92 Å². The maximum Gasteiger partial charge on any atom is 0.121 e. The van der Waals surface area contributed by atoms with E-state index in [1.807, 2.05) is 6.07 Å². The highest BCUT2D eigenvalue weighted by Gasteiger charge is 2.19. The molecule has 0 saturated carbocycles. The largest absolute Gasteiger partial charge is 0.364 e. The van der Waals surface area contributed by atoms with Crippen molar-refractivity contribution in [3.05, 3.63) is 12.2 Å². The highest BCUT2D eigenvalue weighted by atomic mass is 16.5. The summed E-state index contributed by atoms with van der Waals surface area (Å²) in [6.07, 6.45) is 13.2. The van der Waals surface area contributed by atoms with E-state index in [9.17, 15) is 0 Å². The van der Waals surface area contributed by atoms with Crippen LogP contribution in [0.25, 0.3) is 0 Å². The molecule has 0 saturated heterocycles. The Bertz CT molecular complexity index is 269. The molecule has 0 aromatic heterocycles. The Kier molecular flexibility index (Phi) is 4.83. The van der Waals surface area contributed by atoms with Crippen LogP contribution in [0, 0.1) is 29.6 Å². The van der Waals surface area contributed by atoms with Crippen LogP contribution in [0.5, 0.6) is 0 Å². The molecule has 1 aliphatic rings. The highest BCUT2D eigenvalue weighted by Crippen LogP contribution is 2.23. The summed E-state index contributed by atoms with van der Waals surface area (Å²) in [4.78, 5) is 0. The molecule has 1 rings (SSSR count). The number of ether oxygens (including phenoxy) is 1. The van der Waals surface area contributed by atoms with Crippen LogP contribution in [-0.4, -0.2) is 12.7 Å². The third-order valence-corrected chi connectivity index (χ3v) is 2.41. The molecule has 0 bridgehead atoms. The SMILES string of the molecule is C#C[C@@H](OCCC#N)[C@@H]1CC=CCC1. The predicted molar refractivity (Wildman–Crippen MR) is 55.3 cm³/mol. The first-order chi connectivity index (χ1) is 6.88. The Balaban J connectivity index is 2.34. The minimum atomic E-state index is -0.117. The maximum absolute atomic E-state index is 8.37. The summed E-state index contributed by atoms with van der Waals surface area (Å²) >= 11 is 0. The third kappa shape index (κ3) is 3.24. The summed E-state index contributed by atoms with van der Waals surface area (Å²) in [5.74, 6) is 3.10. The van der Waals surface area contributed by atoms with Crippen LogP contribution >= 0.6 is 0 Å². The molecule has 2 nitrogen and oxygen atoms in total. The lowest BCUT2D eigenvalue weighted by atomic mass is 9.89. The lowest BCUT2D eigenvalue weighted by molar-refractivity contribution is 0.0516. The van der Waals surface area contributed by atoms with Crippen LogP contribution in [0.3, 0.4) is 0 Å². The van der Waals surface area contributed by atoms with Crippen molar-refractivity contribution in [2.45, 2.75) is 31.8 Å². The standard InChI is InChI=1S/C12H15NO/c1-2-12(14-10-6-9-13)11-7-4-3-5-8-11/h1,3-4,11-12H,5-8,10H2/t11-,12-/m1/s1. The lowest BCUT2D eigenvalue weighted by Gasteiger charge is -2.23. The van der Waals surface area contributed by atoms with Gasteiger partial charge in [-0.25, -0.2) is 0 Å². The Hall–Kier alpha value is -1.25. The van der Waals surface area contributed by atoms with E-state index in [1.54, 1.807) is 0 Å². The summed E-state index contributed by atoms with van der Waals surface area (Å²) in [6.45, 7) is 0.450. The molecule has 14 heavy (non-hydrogen) atoms. The normalized spacial score (nSPS) is 22.3. The molecule has 0 fully saturated rings. The van der Waals surface area contributed by atoms with Crippen molar-refractivity contribution >= 4 is 0 Å². The summed E-state index contributed by atoms with van der Waals surface area (Å²) in [7, 11) is 0. The van der Waals surface area contributed by atoms with E-state index in [2.05, 4.69) is 18.1 Å². The number of rotatable bonds is 4. The maximum atomic E-state index is 8.37. The summed E-state index contributed by atoms with van der Waals surface area (Å²) in [6, 6.07) is 2.04. The number of nitrogens with zero attached hydrogens (tertiary/aromatic N) is 1. The third-order valence-electron chi connectivity index (χ3n) is 2.41. The first kappa shape index (κ1) is 10.8. The molecule has 2 atom stereocenters. The van der Waals surface area contributed by atoms with Gasteiger partial charge in [0.15, 0.2) is 0 Å². The van der Waals surface area contributed by atoms with Gasteiger partial charge in [0.25, 0.3) is 0 Å². The number of hydrogen-bond acceptors (Lipinski definition) is 2. The summed E-state index contributed by atoms with van der Waals surface area (Å²) in [5.41, 5.74) is 0. The van der Waals surface area contributed by atoms with E-state index in [-0.39, 0.29) is 6.10 Å². The number of allylic oxidation sites excluding steroid dienone is 2. The van der Waals surface area contributed by atoms with E-state index in [1.165, 1.54) is 0 Å². The van der Waals surface area contributed by atoms with E-state index in [4.69, 9.17) is 16.4 Å². The van der Waals surface area contributed by atoms with E-state index < -0.39 is 0 Å². The van der Waals surface area contributed by atoms with Crippen molar-refractivity contribution in [2.75, 3.05) is 6.61 Å². The number of hydrogen-bond donors (Lipinski definition) is 0. The molecule has 0 unspecified atom stereocenters. The molecule has 0 aromatic carbocycles. The number of nitriles is 1. The van der Waals surface area contributed by atoms with Crippen LogP contribution in [0.1, 0.15) is 25.7 Å². The molecule has 0 aromatic rings. The zero-order chi connectivity index (χ0) is 10.2. The molecular weight excluding hydrogens is 174 g/mol. The Morgan fingerprint density at radius 2 is 2.43 bits per heavy atom. The monoisotopic (exact) mass is 189 g/mol. The van der Waals surface area contributed by atoms with Gasteiger partial charge in [-0.2, -0.15) is 5.26 Å². The van der Waals surface area contributed by atoms with Crippen LogP contribution in [-0.2, 0) is 4.74 Å². The molecule has 0 aliphatic heterocycles. The van der Waals surface area contributed by atoms with Gasteiger partial charge < -0.3 is 4.74 Å². The van der Waals surface area contributed by atoms with Crippen LogP contribution in [0.2, 0.25) is 0 Å². The van der Waals surface area contributed by atoms with Gasteiger partial charge in [0.05, 0.1) is 19.1 Å². The van der Waals surface area contributed by atoms with Gasteiger partial charge in [0, 0.05) is 5.92 Å². The minimum Gasteiger partial charge on any atom is -0.364 e. The molecule has 0 spiro atoms. The zero-order valence-corrected chi connectivity index (χ0v) is 8.28. The van der Waals surface area contributed by atoms with Gasteiger partial charge in [-0.3, -0.25) is 0 Å². The topological polar surface area (TPSA) is 33.0 Å². The van der Waals surface area contributed by atoms with Crippen molar-refractivity contribution < 1.29 is 4.74 Å². The van der Waals surface area contributed by atoms with E-state index in [0.29, 0.717) is 18.9 Å². The second kappa shape index (κ2) is 6.24. The Morgan fingerprint density at radius 1 is 1.57 bits per heavy atom. The summed E-state index contributed by atoms with van der Waals surface area (Å²) < 4.78 is 5.48. The average Bonchev–Trinajstić information content (AvgIpc) is 2.26. The number of terminal acetylenes is 1. The predicted octanol–water partition coefficient (Wildman–Crippen LogP) is 2.27. The Labute approximate surface area is 85.6 Å². The molecule has 1 aliphatic carbocycles. The van der Waals surface area contributed by atoms with Crippen molar-refractivity contribution in [1.82, 2.24) is 0 Å². The van der Waals surface area contributed by atoms with Crippen LogP contribution in [0.4, 0.5) is 0 Å². The second-order valence-electron chi connectivity index (χ2n) is 3.41. The van der Waals surface area contributed by atoms with Gasteiger partial charge in [-0.15, -0.1) is 6.42 Å². The molecule has 0 radical (unpaired) electrons. The van der Waals surface area contributed by atoms with E-state index in [0.717, 1.165) is 19.3 Å². The molecule has 74 valence electrons. The van der Waals surface area contributed by atoms with Gasteiger partial charge in [0.1, 0.15) is 6.10 Å². The fourth-order valence-corrected chi connectivity index (χ4v) is 1.64. The van der Waals surface area contributed by atoms with Crippen LogP contribution < -0.4 is 0 Å². The summed E-state index contributed by atoms with van der Waals surface area (Å²) in [5, 5.41) is 8.37. The van der Waals surface area contributed by atoms with Gasteiger partial charge >= 0.3 is 0 Å². The van der Waals surface area contributed by atoms with E-state index >= 15 is 0 Å². The minimum absolute atomic E-state index is 0.117. The Morgan fingerprint density at radius 3 is 3.00 bits per heavy atom. The van der Waals surface area contributed by atoms with Gasteiger partial charge in [-0.1, -0.05) is 18.1 Å². The first-order valence-electron chi connectivity index (χ1n) is 4.98. The van der Waals surface area contributed by atoms with Crippen molar-refractivity contribution in [1.29, 1.82) is 5.26 Å². The molecule has 0 amide bonds. The smallest absolute Gasteiger partial charge is 0.121 e. The lowest BCUT2D eigenvalue weighted by Crippen LogP contribution is -2.23. The average molecular weight is 189 g/mol. The molecule has 2 heteroatoms. The molecule has 0 N–H and O–H groups in total. The molecule has 0 heterocycles. The zero-order valence-electron chi connectivity index (χ0n) is 8.28. The fraction of sp³-hybridized carbons (Fsp3) is 0.583. The molecular formula is C12H15NO. The second-order valence-corrected chi connectivity index (χ2v) is 3.41. The van der Waals surface area contributed by atoms with Gasteiger partial charge in [0.2, 0.25) is 0 Å². The van der Waals surface area contributed by atoms with Gasteiger partial charge in [-0.05, 0) is 19.3 Å². The quantitative estimate of drug-likeness (QED) is 0.386. The van der Waals surface area contributed by atoms with Crippen LogP contribution in [0.15, 0.2) is 12.2 Å². The fourth-order valence-electron chi connectivity index (χ4n) is 1.64. The van der Waals surface area contributed by atoms with Crippen molar-refractivity contribution in [3.8, 4) is 18.4 Å².